The van der Waals surface area contributed by atoms with Gasteiger partial charge in [0.15, 0.2) is 5.13 Å². The third kappa shape index (κ3) is 4.84. The molecule has 5 rings (SSSR count). The van der Waals surface area contributed by atoms with Gasteiger partial charge in [-0.3, -0.25) is 9.69 Å². The maximum Gasteiger partial charge on any atom is 0.247 e. The fourth-order valence-electron chi connectivity index (χ4n) is 4.93. The molecule has 0 bridgehead atoms. The molecule has 10 heteroatoms. The number of benzene rings is 2. The first kappa shape index (κ1) is 24.6. The third-order valence-corrected chi connectivity index (χ3v) is 10.0. The molecule has 3 heterocycles. The Hall–Kier alpha value is -2.04. The zero-order valence-electron chi connectivity index (χ0n) is 19.7. The van der Waals surface area contributed by atoms with E-state index in [9.17, 15) is 13.2 Å². The van der Waals surface area contributed by atoms with Gasteiger partial charge in [0.1, 0.15) is 6.04 Å². The highest BCUT2D eigenvalue weighted by atomic mass is 35.5. The Morgan fingerprint density at radius 1 is 1.20 bits per heavy atom. The Morgan fingerprint density at radius 3 is 2.69 bits per heavy atom. The monoisotopic (exact) mass is 533 g/mol. The quantitative estimate of drug-likeness (QED) is 0.449. The summed E-state index contributed by atoms with van der Waals surface area (Å²) in [7, 11) is -3.85. The van der Waals surface area contributed by atoms with Crippen LogP contribution in [0.5, 0.6) is 0 Å². The molecule has 3 aromatic rings. The zero-order valence-corrected chi connectivity index (χ0v) is 22.1. The predicted octanol–water partition coefficient (Wildman–Crippen LogP) is 4.93. The van der Waals surface area contributed by atoms with Crippen molar-refractivity contribution in [1.82, 2.24) is 9.29 Å². The van der Waals surface area contributed by atoms with Crippen LogP contribution in [0.15, 0.2) is 41.3 Å². The van der Waals surface area contributed by atoms with Gasteiger partial charge in [-0.15, -0.1) is 0 Å². The van der Waals surface area contributed by atoms with Crippen molar-refractivity contribution in [3.05, 3.63) is 52.5 Å². The molecule has 0 aliphatic carbocycles. The lowest BCUT2D eigenvalue weighted by atomic mass is 10.1. The largest absolute Gasteiger partial charge is 0.376 e. The standard InChI is InChI=1S/C25H28ClN3O4S2/c1-16-13-17(2)23-21(14-16)27-25(34-23)28(15-19-5-4-12-33-19)24(30)22-6-3-11-29(22)35(31,32)20-9-7-18(26)8-10-20/h7-10,13-14,19,22H,3-6,11-12,15H2,1-2H3. The Labute approximate surface area is 214 Å². The van der Waals surface area contributed by atoms with E-state index < -0.39 is 16.1 Å². The third-order valence-electron chi connectivity index (χ3n) is 6.62. The van der Waals surface area contributed by atoms with Crippen LogP contribution in [0.25, 0.3) is 10.2 Å². The van der Waals surface area contributed by atoms with E-state index in [2.05, 4.69) is 6.07 Å². The van der Waals surface area contributed by atoms with Crippen LogP contribution in [0.1, 0.15) is 36.8 Å². The lowest BCUT2D eigenvalue weighted by Crippen LogP contribution is -2.49. The Bertz CT molecular complexity index is 1350. The van der Waals surface area contributed by atoms with E-state index in [4.69, 9.17) is 21.3 Å². The molecule has 0 saturated carbocycles. The summed E-state index contributed by atoms with van der Waals surface area (Å²) in [6, 6.07) is 9.41. The van der Waals surface area contributed by atoms with Gasteiger partial charge in [-0.2, -0.15) is 4.31 Å². The highest BCUT2D eigenvalue weighted by Crippen LogP contribution is 2.35. The maximum atomic E-state index is 14.0. The lowest BCUT2D eigenvalue weighted by Gasteiger charge is -2.29. The Balaban J connectivity index is 1.50. The average molecular weight is 534 g/mol. The summed E-state index contributed by atoms with van der Waals surface area (Å²) < 4.78 is 35.1. The highest BCUT2D eigenvalue weighted by molar-refractivity contribution is 7.89. The van der Waals surface area contributed by atoms with Crippen molar-refractivity contribution >= 4 is 54.2 Å². The minimum Gasteiger partial charge on any atom is -0.376 e. The Morgan fingerprint density at radius 2 is 1.97 bits per heavy atom. The van der Waals surface area contributed by atoms with E-state index in [0.29, 0.717) is 42.7 Å². The second kappa shape index (κ2) is 9.78. The molecule has 35 heavy (non-hydrogen) atoms. The molecule has 2 fully saturated rings. The highest BCUT2D eigenvalue weighted by Gasteiger charge is 2.42. The zero-order chi connectivity index (χ0) is 24.7. The van der Waals surface area contributed by atoms with E-state index >= 15 is 0 Å². The van der Waals surface area contributed by atoms with Gasteiger partial charge in [-0.05, 0) is 81.0 Å². The molecule has 1 amide bonds. The first-order valence-electron chi connectivity index (χ1n) is 11.8. The summed E-state index contributed by atoms with van der Waals surface area (Å²) in [6.45, 7) is 5.40. The molecule has 2 aliphatic rings. The first-order valence-corrected chi connectivity index (χ1v) is 14.5. The molecular formula is C25H28ClN3O4S2. The van der Waals surface area contributed by atoms with Crippen molar-refractivity contribution in [3.8, 4) is 0 Å². The molecule has 0 spiro atoms. The fraction of sp³-hybridized carbons (Fsp3) is 0.440. The van der Waals surface area contributed by atoms with Crippen LogP contribution < -0.4 is 4.90 Å². The number of fused-ring (bicyclic) bond motifs is 1. The molecule has 0 N–H and O–H groups in total. The number of ether oxygens (including phenoxy) is 1. The summed E-state index contributed by atoms with van der Waals surface area (Å²) in [5.74, 6) is -0.246. The number of halogens is 1. The molecule has 2 unspecified atom stereocenters. The molecule has 7 nitrogen and oxygen atoms in total. The minimum atomic E-state index is -3.85. The summed E-state index contributed by atoms with van der Waals surface area (Å²) in [5, 5.41) is 1.05. The van der Waals surface area contributed by atoms with Gasteiger partial charge in [0.05, 0.1) is 27.8 Å². The number of thiazole rings is 1. The number of anilines is 1. The van der Waals surface area contributed by atoms with Crippen LogP contribution in [-0.4, -0.2) is 55.5 Å². The molecule has 2 atom stereocenters. The number of carbonyl (C=O) groups is 1. The molecule has 2 aliphatic heterocycles. The van der Waals surface area contributed by atoms with Crippen molar-refractivity contribution in [1.29, 1.82) is 0 Å². The van der Waals surface area contributed by atoms with Crippen LogP contribution in [0.3, 0.4) is 0 Å². The number of rotatable bonds is 6. The lowest BCUT2D eigenvalue weighted by molar-refractivity contribution is -0.122. The summed E-state index contributed by atoms with van der Waals surface area (Å²) in [4.78, 5) is 20.6. The van der Waals surface area contributed by atoms with Crippen LogP contribution >= 0.6 is 22.9 Å². The second-order valence-corrected chi connectivity index (χ2v) is 12.5. The van der Waals surface area contributed by atoms with Gasteiger partial charge in [-0.25, -0.2) is 13.4 Å². The number of nitrogens with zero attached hydrogens (tertiary/aromatic N) is 3. The summed E-state index contributed by atoms with van der Waals surface area (Å²) in [5.41, 5.74) is 3.07. The van der Waals surface area contributed by atoms with Crippen LogP contribution in [-0.2, 0) is 19.6 Å². The van der Waals surface area contributed by atoms with Gasteiger partial charge in [-0.1, -0.05) is 29.0 Å². The van der Waals surface area contributed by atoms with Gasteiger partial charge in [0, 0.05) is 18.2 Å². The van der Waals surface area contributed by atoms with E-state index in [1.54, 1.807) is 17.0 Å². The average Bonchev–Trinajstić information content (AvgIpc) is 3.57. The molecule has 0 radical (unpaired) electrons. The number of hydrogen-bond acceptors (Lipinski definition) is 6. The number of carbonyl (C=O) groups excluding carboxylic acids is 1. The van der Waals surface area contributed by atoms with Gasteiger partial charge >= 0.3 is 0 Å². The number of sulfonamides is 1. The minimum absolute atomic E-state index is 0.0866. The van der Waals surface area contributed by atoms with Gasteiger partial charge < -0.3 is 4.74 Å². The SMILES string of the molecule is Cc1cc(C)c2sc(N(CC3CCCO3)C(=O)C3CCCN3S(=O)(=O)c3ccc(Cl)cc3)nc2c1. The van der Waals surface area contributed by atoms with Gasteiger partial charge in [0.25, 0.3) is 0 Å². The number of aryl methyl sites for hydroxylation is 2. The first-order chi connectivity index (χ1) is 16.7. The van der Waals surface area contributed by atoms with Crippen molar-refractivity contribution in [2.75, 3.05) is 24.6 Å². The smallest absolute Gasteiger partial charge is 0.247 e. The Kier molecular flexibility index (Phi) is 6.89. The van der Waals surface area contributed by atoms with Crippen LogP contribution in [0.4, 0.5) is 5.13 Å². The molecular weight excluding hydrogens is 506 g/mol. The topological polar surface area (TPSA) is 79.8 Å². The second-order valence-electron chi connectivity index (χ2n) is 9.24. The van der Waals surface area contributed by atoms with Gasteiger partial charge in [0.2, 0.25) is 15.9 Å². The number of amides is 1. The molecule has 186 valence electrons. The fourth-order valence-corrected chi connectivity index (χ4v) is 7.74. The maximum absolute atomic E-state index is 14.0. The van der Waals surface area contributed by atoms with E-state index in [1.165, 1.54) is 27.8 Å². The van der Waals surface area contributed by atoms with Crippen molar-refractivity contribution in [2.45, 2.75) is 56.6 Å². The van der Waals surface area contributed by atoms with E-state index in [-0.39, 0.29) is 16.9 Å². The van der Waals surface area contributed by atoms with E-state index in [0.717, 1.165) is 34.2 Å². The summed E-state index contributed by atoms with van der Waals surface area (Å²) >= 11 is 7.43. The van der Waals surface area contributed by atoms with Crippen molar-refractivity contribution in [2.24, 2.45) is 0 Å². The molecule has 2 saturated heterocycles. The van der Waals surface area contributed by atoms with Crippen LogP contribution in [0.2, 0.25) is 5.02 Å². The van der Waals surface area contributed by atoms with Crippen LogP contribution in [0, 0.1) is 13.8 Å². The van der Waals surface area contributed by atoms with Crippen molar-refractivity contribution in [3.63, 3.8) is 0 Å². The number of hydrogen-bond donors (Lipinski definition) is 0. The van der Waals surface area contributed by atoms with Crippen molar-refractivity contribution < 1.29 is 17.9 Å². The predicted molar refractivity (Wildman–Crippen MR) is 139 cm³/mol. The normalized spacial score (nSPS) is 21.1. The molecule has 1 aromatic heterocycles. The van der Waals surface area contributed by atoms with E-state index in [1.807, 2.05) is 19.9 Å². The molecule has 2 aromatic carbocycles. The summed E-state index contributed by atoms with van der Waals surface area (Å²) in [6.07, 6.45) is 2.82. The number of aromatic nitrogens is 1.